The van der Waals surface area contributed by atoms with E-state index in [1.165, 1.54) is 31.6 Å². The van der Waals surface area contributed by atoms with Crippen molar-refractivity contribution >= 4 is 21.6 Å². The monoisotopic (exact) mass is 653 g/mol. The minimum atomic E-state index is -4.44. The van der Waals surface area contributed by atoms with Crippen LogP contribution in [0.3, 0.4) is 0 Å². The molecule has 242 valence electrons. The largest absolute Gasteiger partial charge is 0.497 e. The Bertz CT molecular complexity index is 1950. The lowest BCUT2D eigenvalue weighted by Gasteiger charge is -2.41. The van der Waals surface area contributed by atoms with Gasteiger partial charge in [-0.2, -0.15) is 5.26 Å². The highest BCUT2D eigenvalue weighted by Gasteiger charge is 2.63. The van der Waals surface area contributed by atoms with Gasteiger partial charge in [-0.05, 0) is 98.9 Å². The summed E-state index contributed by atoms with van der Waals surface area (Å²) in [6.45, 7) is 3.06. The van der Waals surface area contributed by atoms with Gasteiger partial charge in [-0.25, -0.2) is 17.7 Å². The molecule has 3 aliphatic heterocycles. The number of hydrogen-bond acceptors (Lipinski definition) is 10. The van der Waals surface area contributed by atoms with Crippen molar-refractivity contribution in [2.24, 2.45) is 0 Å². The molecule has 4 aromatic rings. The van der Waals surface area contributed by atoms with Crippen LogP contribution in [0.2, 0.25) is 0 Å². The summed E-state index contributed by atoms with van der Waals surface area (Å²) in [6, 6.07) is 18.2. The van der Waals surface area contributed by atoms with Gasteiger partial charge in [0.15, 0.2) is 5.54 Å². The van der Waals surface area contributed by atoms with Crippen LogP contribution in [0.15, 0.2) is 82.4 Å². The van der Waals surface area contributed by atoms with Gasteiger partial charge < -0.3 is 13.9 Å². The summed E-state index contributed by atoms with van der Waals surface area (Å²) < 4.78 is 47.1. The van der Waals surface area contributed by atoms with E-state index in [4.69, 9.17) is 13.9 Å². The normalized spacial score (nSPS) is 21.6. The van der Waals surface area contributed by atoms with Gasteiger partial charge in [0.2, 0.25) is 5.89 Å². The maximum atomic E-state index is 15.5. The summed E-state index contributed by atoms with van der Waals surface area (Å²) in [5, 5.41) is 10.1. The van der Waals surface area contributed by atoms with E-state index in [-0.39, 0.29) is 10.6 Å². The average Bonchev–Trinajstić information content (AvgIpc) is 3.92. The van der Waals surface area contributed by atoms with E-state index in [2.05, 4.69) is 16.0 Å². The van der Waals surface area contributed by atoms with Crippen molar-refractivity contribution in [3.8, 4) is 17.6 Å². The first-order valence-electron chi connectivity index (χ1n) is 15.7. The molecule has 0 aliphatic carbocycles. The Hall–Kier alpha value is -4.70. The number of nitrogens with zero attached hydrogens (tertiary/aromatic N) is 5. The number of amides is 1. The van der Waals surface area contributed by atoms with Crippen LogP contribution in [0.4, 0.5) is 5.69 Å². The molecule has 4 heterocycles. The molecule has 0 spiro atoms. The molecule has 0 saturated carbocycles. The number of rotatable bonds is 9. The zero-order chi connectivity index (χ0) is 32.8. The van der Waals surface area contributed by atoms with Gasteiger partial charge in [-0.3, -0.25) is 14.6 Å². The van der Waals surface area contributed by atoms with Gasteiger partial charge >= 0.3 is 0 Å². The average molecular weight is 654 g/mol. The van der Waals surface area contributed by atoms with Crippen molar-refractivity contribution in [2.45, 2.75) is 48.7 Å². The molecule has 2 fully saturated rings. The molecular weight excluding hydrogens is 618 g/mol. The summed E-state index contributed by atoms with van der Waals surface area (Å²) in [5.74, 6) is 0.652. The van der Waals surface area contributed by atoms with Crippen LogP contribution in [0, 0.1) is 11.3 Å². The van der Waals surface area contributed by atoms with E-state index in [9.17, 15) is 13.7 Å². The standard InChI is InChI=1S/C35H35N5O6S/c1-44-26-9-11-27(12-10-26)47(42,43)40-30-13-7-24(22-36)20-28(30)35(34(40)41,39-18-5-6-31(39)33-37-15-19-46-33)29-21-25(8-14-32(29)45-2)23-38-16-3-4-17-38/h7-15,19-21,31H,3-6,16-18,23H2,1-2H3. The van der Waals surface area contributed by atoms with Crippen LogP contribution in [-0.2, 0) is 26.9 Å². The van der Waals surface area contributed by atoms with E-state index in [0.717, 1.165) is 35.8 Å². The quantitative estimate of drug-likeness (QED) is 0.244. The Labute approximate surface area is 274 Å². The zero-order valence-corrected chi connectivity index (χ0v) is 27.1. The Balaban J connectivity index is 1.51. The molecule has 1 aromatic heterocycles. The fourth-order valence-corrected chi connectivity index (χ4v) is 8.85. The Kier molecular flexibility index (Phi) is 8.00. The summed E-state index contributed by atoms with van der Waals surface area (Å²) in [5.41, 5.74) is 0.622. The highest BCUT2D eigenvalue weighted by atomic mass is 32.2. The van der Waals surface area contributed by atoms with Crippen molar-refractivity contribution in [3.05, 3.63) is 101 Å². The lowest BCUT2D eigenvalue weighted by molar-refractivity contribution is -0.127. The number of aromatic nitrogens is 1. The van der Waals surface area contributed by atoms with Gasteiger partial charge in [-0.1, -0.05) is 6.07 Å². The molecule has 2 unspecified atom stereocenters. The minimum Gasteiger partial charge on any atom is -0.497 e. The number of carbonyl (C=O) groups is 1. The Morgan fingerprint density at radius 2 is 1.77 bits per heavy atom. The first-order valence-corrected chi connectivity index (χ1v) is 17.1. The third-order valence-corrected chi connectivity index (χ3v) is 11.2. The number of methoxy groups -OCH3 is 2. The molecule has 11 nitrogen and oxygen atoms in total. The van der Waals surface area contributed by atoms with Crippen LogP contribution >= 0.6 is 0 Å². The van der Waals surface area contributed by atoms with Gasteiger partial charge in [0.05, 0.1) is 48.7 Å². The number of likely N-dealkylation sites (tertiary alicyclic amines) is 2. The van der Waals surface area contributed by atoms with Crippen molar-refractivity contribution in [1.29, 1.82) is 5.26 Å². The number of carbonyl (C=O) groups excluding carboxylic acids is 1. The van der Waals surface area contributed by atoms with Gasteiger partial charge in [0.25, 0.3) is 15.9 Å². The van der Waals surface area contributed by atoms with Crippen molar-refractivity contribution in [1.82, 2.24) is 14.8 Å². The fourth-order valence-electron chi connectivity index (χ4n) is 7.39. The molecule has 0 N–H and O–H groups in total. The summed E-state index contributed by atoms with van der Waals surface area (Å²) >= 11 is 0. The molecule has 0 bridgehead atoms. The van der Waals surface area contributed by atoms with E-state index >= 15 is 4.79 Å². The van der Waals surface area contributed by atoms with Gasteiger partial charge in [0, 0.05) is 24.2 Å². The zero-order valence-electron chi connectivity index (χ0n) is 26.3. The second kappa shape index (κ2) is 12.2. The first-order chi connectivity index (χ1) is 22.8. The van der Waals surface area contributed by atoms with Crippen LogP contribution in [0.25, 0.3) is 0 Å². The van der Waals surface area contributed by atoms with Gasteiger partial charge in [-0.15, -0.1) is 0 Å². The minimum absolute atomic E-state index is 0.0711. The third kappa shape index (κ3) is 4.97. The number of hydrogen-bond donors (Lipinski definition) is 0. The number of oxazole rings is 1. The van der Waals surface area contributed by atoms with E-state index in [1.54, 1.807) is 37.6 Å². The number of ether oxygens (including phenoxy) is 2. The van der Waals surface area contributed by atoms with Crippen molar-refractivity contribution < 1.29 is 27.1 Å². The summed E-state index contributed by atoms with van der Waals surface area (Å²) in [6.07, 6.45) is 6.64. The highest BCUT2D eigenvalue weighted by molar-refractivity contribution is 7.93. The topological polar surface area (TPSA) is 129 Å². The third-order valence-electron chi connectivity index (χ3n) is 9.50. The first kappa shape index (κ1) is 30.9. The highest BCUT2D eigenvalue weighted by Crippen LogP contribution is 2.56. The lowest BCUT2D eigenvalue weighted by atomic mass is 9.79. The van der Waals surface area contributed by atoms with Crippen molar-refractivity contribution in [2.75, 3.05) is 38.2 Å². The van der Waals surface area contributed by atoms with Crippen molar-refractivity contribution in [3.63, 3.8) is 0 Å². The molecule has 47 heavy (non-hydrogen) atoms. The van der Waals surface area contributed by atoms with E-state index < -0.39 is 27.5 Å². The SMILES string of the molecule is COc1ccc(S(=O)(=O)N2C(=O)C(c3cc(CN4CCCC4)ccc3OC)(N3CCCC3c3ncco3)c3cc(C#N)ccc32)cc1. The number of benzene rings is 3. The fraction of sp³-hybridized carbons (Fsp3) is 0.343. The smallest absolute Gasteiger partial charge is 0.271 e. The predicted octanol–water partition coefficient (Wildman–Crippen LogP) is 4.98. The van der Waals surface area contributed by atoms with Crippen LogP contribution in [0.1, 0.15) is 59.9 Å². The van der Waals surface area contributed by atoms with Crippen LogP contribution < -0.4 is 13.8 Å². The second-order valence-electron chi connectivity index (χ2n) is 12.0. The molecular formula is C35H35N5O6S. The molecule has 1 amide bonds. The second-order valence-corrected chi connectivity index (χ2v) is 13.8. The lowest BCUT2D eigenvalue weighted by Crippen LogP contribution is -2.54. The van der Waals surface area contributed by atoms with Crippen LogP contribution in [0.5, 0.6) is 11.5 Å². The molecule has 2 saturated heterocycles. The molecule has 3 aliphatic rings. The molecule has 12 heteroatoms. The van der Waals surface area contributed by atoms with E-state index in [1.807, 2.05) is 23.1 Å². The molecule has 0 radical (unpaired) electrons. The Morgan fingerprint density at radius 3 is 2.45 bits per heavy atom. The molecule has 7 rings (SSSR count). The Morgan fingerprint density at radius 1 is 0.979 bits per heavy atom. The summed E-state index contributed by atoms with van der Waals surface area (Å²) in [4.78, 5) is 24.3. The maximum Gasteiger partial charge on any atom is 0.271 e. The molecule has 2 atom stereocenters. The predicted molar refractivity (Wildman–Crippen MR) is 172 cm³/mol. The number of anilines is 1. The van der Waals surface area contributed by atoms with E-state index in [0.29, 0.717) is 60.0 Å². The number of fused-ring (bicyclic) bond motifs is 1. The molecule has 3 aromatic carbocycles. The maximum absolute atomic E-state index is 15.5. The van der Waals surface area contributed by atoms with Crippen LogP contribution in [-0.4, -0.2) is 63.0 Å². The summed E-state index contributed by atoms with van der Waals surface area (Å²) in [7, 11) is -1.41. The number of nitriles is 1. The number of sulfonamides is 1. The van der Waals surface area contributed by atoms with Gasteiger partial charge in [0.1, 0.15) is 17.8 Å².